The normalized spacial score (nSPS) is 24.5. The van der Waals surface area contributed by atoms with Crippen molar-refractivity contribution in [2.75, 3.05) is 24.5 Å². The van der Waals surface area contributed by atoms with Gasteiger partial charge in [-0.3, -0.25) is 0 Å². The quantitative estimate of drug-likeness (QED) is 0.856. The van der Waals surface area contributed by atoms with Crippen molar-refractivity contribution in [3.05, 3.63) is 28.7 Å². The van der Waals surface area contributed by atoms with Crippen molar-refractivity contribution in [1.82, 2.24) is 5.32 Å². The number of hydrogen-bond acceptors (Lipinski definition) is 2. The molecule has 0 radical (unpaired) electrons. The lowest BCUT2D eigenvalue weighted by molar-refractivity contribution is 0.369. The molecule has 1 N–H and O–H groups in total. The highest BCUT2D eigenvalue weighted by Gasteiger charge is 2.28. The Morgan fingerprint density at radius 3 is 2.88 bits per heavy atom. The molecule has 0 bridgehead atoms. The van der Waals surface area contributed by atoms with Crippen LogP contribution in [-0.4, -0.2) is 25.7 Å². The fourth-order valence-electron chi connectivity index (χ4n) is 2.40. The van der Waals surface area contributed by atoms with Gasteiger partial charge in [0.25, 0.3) is 0 Å². The largest absolute Gasteiger partial charge is 0.367 e. The molecule has 1 atom stereocenters. The minimum Gasteiger partial charge on any atom is -0.367 e. The summed E-state index contributed by atoms with van der Waals surface area (Å²) in [6.07, 6.45) is 0. The minimum absolute atomic E-state index is 0.313. The highest BCUT2D eigenvalue weighted by atomic mass is 79.9. The lowest BCUT2D eigenvalue weighted by atomic mass is 9.93. The first-order valence-electron chi connectivity index (χ1n) is 6.21. The fourth-order valence-corrected chi connectivity index (χ4v) is 2.79. The summed E-state index contributed by atoms with van der Waals surface area (Å²) >= 11 is 3.55. The zero-order chi connectivity index (χ0) is 12.5. The molecule has 17 heavy (non-hydrogen) atoms. The summed E-state index contributed by atoms with van der Waals surface area (Å²) in [7, 11) is 0. The Balaban J connectivity index is 2.27. The lowest BCUT2D eigenvalue weighted by Gasteiger charge is -2.34. The van der Waals surface area contributed by atoms with Crippen molar-refractivity contribution in [3.8, 4) is 0 Å². The molecule has 1 aliphatic heterocycles. The van der Waals surface area contributed by atoms with Crippen LogP contribution in [0.5, 0.6) is 0 Å². The first-order valence-corrected chi connectivity index (χ1v) is 7.00. The maximum absolute atomic E-state index is 3.55. The minimum atomic E-state index is 0.313. The second kappa shape index (κ2) is 4.99. The molecule has 0 saturated carbocycles. The summed E-state index contributed by atoms with van der Waals surface area (Å²) in [6, 6.07) is 9.12. The van der Waals surface area contributed by atoms with Crippen molar-refractivity contribution < 1.29 is 0 Å². The van der Waals surface area contributed by atoms with Crippen LogP contribution in [0.2, 0.25) is 0 Å². The van der Waals surface area contributed by atoms with E-state index < -0.39 is 0 Å². The summed E-state index contributed by atoms with van der Waals surface area (Å²) in [6.45, 7) is 10.2. The molecule has 1 aromatic rings. The van der Waals surface area contributed by atoms with Crippen molar-refractivity contribution in [1.29, 1.82) is 0 Å². The maximum Gasteiger partial charge on any atom is 0.0386 e. The summed E-state index contributed by atoms with van der Waals surface area (Å²) in [4.78, 5) is 2.50. The van der Waals surface area contributed by atoms with Crippen molar-refractivity contribution in [3.63, 3.8) is 0 Å². The highest BCUT2D eigenvalue weighted by molar-refractivity contribution is 9.10. The molecule has 1 unspecified atom stereocenters. The number of halogens is 1. The fraction of sp³-hybridized carbons (Fsp3) is 0.571. The Bertz CT molecular complexity index is 390. The monoisotopic (exact) mass is 296 g/mol. The second-order valence-corrected chi connectivity index (χ2v) is 6.67. The third kappa shape index (κ3) is 3.23. The van der Waals surface area contributed by atoms with Gasteiger partial charge in [0.15, 0.2) is 0 Å². The van der Waals surface area contributed by atoms with Crippen LogP contribution in [0, 0.1) is 5.41 Å². The molecule has 1 fully saturated rings. The van der Waals surface area contributed by atoms with E-state index in [0.29, 0.717) is 11.5 Å². The smallest absolute Gasteiger partial charge is 0.0386 e. The average molecular weight is 297 g/mol. The molecule has 94 valence electrons. The summed E-state index contributed by atoms with van der Waals surface area (Å²) in [5, 5.41) is 3.55. The molecule has 0 aromatic heterocycles. The Labute approximate surface area is 113 Å². The third-order valence-corrected chi connectivity index (χ3v) is 3.81. The average Bonchev–Trinajstić information content (AvgIpc) is 2.38. The first-order chi connectivity index (χ1) is 7.98. The molecule has 2 rings (SSSR count). The van der Waals surface area contributed by atoms with E-state index in [2.05, 4.69) is 71.2 Å². The number of nitrogens with one attached hydrogen (secondary N) is 1. The molecular weight excluding hydrogens is 276 g/mol. The van der Waals surface area contributed by atoms with E-state index in [4.69, 9.17) is 0 Å². The van der Waals surface area contributed by atoms with Gasteiger partial charge in [0.05, 0.1) is 0 Å². The van der Waals surface area contributed by atoms with Crippen LogP contribution in [-0.2, 0) is 0 Å². The molecular formula is C14H21BrN2. The van der Waals surface area contributed by atoms with Gasteiger partial charge in [-0.05, 0) is 30.5 Å². The number of anilines is 1. The van der Waals surface area contributed by atoms with Crippen LogP contribution < -0.4 is 10.2 Å². The number of rotatable bonds is 1. The molecule has 1 heterocycles. The summed E-state index contributed by atoms with van der Waals surface area (Å²) in [5.74, 6) is 0. The van der Waals surface area contributed by atoms with Crippen LogP contribution in [0.25, 0.3) is 0 Å². The van der Waals surface area contributed by atoms with E-state index in [-0.39, 0.29) is 0 Å². The van der Waals surface area contributed by atoms with Crippen molar-refractivity contribution in [2.24, 2.45) is 5.41 Å². The number of benzene rings is 1. The summed E-state index contributed by atoms with van der Waals surface area (Å²) < 4.78 is 1.15. The van der Waals surface area contributed by atoms with Crippen LogP contribution in [0.15, 0.2) is 28.7 Å². The van der Waals surface area contributed by atoms with Crippen molar-refractivity contribution in [2.45, 2.75) is 26.8 Å². The SMILES string of the molecule is CC1CNCC(C)(C)CN1c1cccc(Br)c1. The number of nitrogens with zero attached hydrogens (tertiary/aromatic N) is 1. The van der Waals surface area contributed by atoms with Gasteiger partial charge in [-0.25, -0.2) is 0 Å². The van der Waals surface area contributed by atoms with Gasteiger partial charge in [-0.2, -0.15) is 0 Å². The van der Waals surface area contributed by atoms with E-state index in [0.717, 1.165) is 24.1 Å². The predicted octanol–water partition coefficient (Wildman–Crippen LogP) is 3.27. The van der Waals surface area contributed by atoms with Gasteiger partial charge in [0.2, 0.25) is 0 Å². The Hall–Kier alpha value is -0.540. The Morgan fingerprint density at radius 2 is 2.18 bits per heavy atom. The van der Waals surface area contributed by atoms with Gasteiger partial charge in [0, 0.05) is 35.8 Å². The van der Waals surface area contributed by atoms with E-state index in [1.54, 1.807) is 0 Å². The van der Waals surface area contributed by atoms with E-state index in [1.165, 1.54) is 5.69 Å². The zero-order valence-corrected chi connectivity index (χ0v) is 12.4. The second-order valence-electron chi connectivity index (χ2n) is 5.75. The standard InChI is InChI=1S/C14H21BrN2/c1-11-8-16-9-14(2,3)10-17(11)13-6-4-5-12(15)7-13/h4-7,11,16H,8-10H2,1-3H3. The van der Waals surface area contributed by atoms with Crippen LogP contribution >= 0.6 is 15.9 Å². The number of hydrogen-bond donors (Lipinski definition) is 1. The Morgan fingerprint density at radius 1 is 1.41 bits per heavy atom. The molecule has 3 heteroatoms. The Kier molecular flexibility index (Phi) is 3.79. The molecule has 0 spiro atoms. The zero-order valence-electron chi connectivity index (χ0n) is 10.8. The molecule has 1 aromatic carbocycles. The molecule has 1 aliphatic rings. The maximum atomic E-state index is 3.55. The van der Waals surface area contributed by atoms with Gasteiger partial charge in [0.1, 0.15) is 0 Å². The van der Waals surface area contributed by atoms with Crippen LogP contribution in [0.3, 0.4) is 0 Å². The van der Waals surface area contributed by atoms with Gasteiger partial charge >= 0.3 is 0 Å². The van der Waals surface area contributed by atoms with Gasteiger partial charge in [-0.15, -0.1) is 0 Å². The van der Waals surface area contributed by atoms with Crippen LogP contribution in [0.4, 0.5) is 5.69 Å². The predicted molar refractivity (Wildman–Crippen MR) is 77.6 cm³/mol. The summed E-state index contributed by atoms with van der Waals surface area (Å²) in [5.41, 5.74) is 1.62. The van der Waals surface area contributed by atoms with Gasteiger partial charge in [-0.1, -0.05) is 35.8 Å². The van der Waals surface area contributed by atoms with E-state index in [9.17, 15) is 0 Å². The topological polar surface area (TPSA) is 15.3 Å². The van der Waals surface area contributed by atoms with Crippen molar-refractivity contribution >= 4 is 21.6 Å². The van der Waals surface area contributed by atoms with Crippen LogP contribution in [0.1, 0.15) is 20.8 Å². The molecule has 0 aliphatic carbocycles. The molecule has 0 amide bonds. The first kappa shape index (κ1) is 12.9. The van der Waals surface area contributed by atoms with E-state index >= 15 is 0 Å². The third-order valence-electron chi connectivity index (χ3n) is 3.31. The van der Waals surface area contributed by atoms with Gasteiger partial charge < -0.3 is 10.2 Å². The van der Waals surface area contributed by atoms with E-state index in [1.807, 2.05) is 0 Å². The lowest BCUT2D eigenvalue weighted by Crippen LogP contribution is -2.39. The molecule has 1 saturated heterocycles. The molecule has 2 nitrogen and oxygen atoms in total. The highest BCUT2D eigenvalue weighted by Crippen LogP contribution is 2.27.